The van der Waals surface area contributed by atoms with Gasteiger partial charge in [-0.3, -0.25) is 13.9 Å². The van der Waals surface area contributed by atoms with Crippen LogP contribution in [0.1, 0.15) is 18.1 Å². The van der Waals surface area contributed by atoms with E-state index in [4.69, 9.17) is 11.6 Å². The fraction of sp³-hybridized carbons (Fsp3) is 0.231. The van der Waals surface area contributed by atoms with Gasteiger partial charge < -0.3 is 10.2 Å². The maximum atomic E-state index is 13.7. The topological polar surface area (TPSA) is 86.8 Å². The average molecular weight is 593 g/mol. The lowest BCUT2D eigenvalue weighted by Crippen LogP contribution is -2.50. The molecule has 2 amide bonds. The summed E-state index contributed by atoms with van der Waals surface area (Å²) < 4.78 is 29.2. The van der Waals surface area contributed by atoms with Gasteiger partial charge in [0.1, 0.15) is 12.6 Å². The summed E-state index contributed by atoms with van der Waals surface area (Å²) in [6.45, 7) is 3.00. The monoisotopic (exact) mass is 591 g/mol. The Morgan fingerprint density at radius 2 is 1.72 bits per heavy atom. The van der Waals surface area contributed by atoms with Crippen molar-refractivity contribution in [3.05, 3.63) is 93.4 Å². The van der Waals surface area contributed by atoms with Crippen LogP contribution in [0.3, 0.4) is 0 Å². The predicted molar refractivity (Wildman–Crippen MR) is 145 cm³/mol. The highest BCUT2D eigenvalue weighted by atomic mass is 79.9. The van der Waals surface area contributed by atoms with Crippen LogP contribution < -0.4 is 9.62 Å². The Hall–Kier alpha value is -2.88. The van der Waals surface area contributed by atoms with Crippen molar-refractivity contribution in [3.63, 3.8) is 0 Å². The molecule has 1 N–H and O–H groups in total. The Morgan fingerprint density at radius 3 is 2.33 bits per heavy atom. The maximum Gasteiger partial charge on any atom is 0.264 e. The summed E-state index contributed by atoms with van der Waals surface area (Å²) in [5, 5.41) is 2.93. The van der Waals surface area contributed by atoms with Crippen LogP contribution in [0.25, 0.3) is 0 Å². The van der Waals surface area contributed by atoms with Crippen molar-refractivity contribution in [2.24, 2.45) is 0 Å². The van der Waals surface area contributed by atoms with Crippen LogP contribution in [0.4, 0.5) is 5.69 Å². The van der Waals surface area contributed by atoms with Gasteiger partial charge in [-0.2, -0.15) is 0 Å². The third-order valence-corrected chi connectivity index (χ3v) is 8.40. The Morgan fingerprint density at radius 1 is 1.03 bits per heavy atom. The van der Waals surface area contributed by atoms with Gasteiger partial charge in [-0.25, -0.2) is 8.42 Å². The average Bonchev–Trinajstić information content (AvgIpc) is 2.87. The van der Waals surface area contributed by atoms with Crippen molar-refractivity contribution in [2.75, 3.05) is 17.9 Å². The van der Waals surface area contributed by atoms with E-state index >= 15 is 0 Å². The Kier molecular flexibility index (Phi) is 9.16. The molecule has 10 heteroatoms. The first-order chi connectivity index (χ1) is 17.0. The van der Waals surface area contributed by atoms with Gasteiger partial charge in [0.05, 0.1) is 10.6 Å². The fourth-order valence-electron chi connectivity index (χ4n) is 3.61. The molecule has 0 fully saturated rings. The number of hydrogen-bond donors (Lipinski definition) is 1. The van der Waals surface area contributed by atoms with E-state index in [2.05, 4.69) is 21.2 Å². The van der Waals surface area contributed by atoms with Crippen LogP contribution in [0.5, 0.6) is 0 Å². The summed E-state index contributed by atoms with van der Waals surface area (Å²) in [5.74, 6) is -0.906. The molecule has 0 saturated carbocycles. The minimum absolute atomic E-state index is 0.0346. The molecular formula is C26H27BrClN3O4S. The summed E-state index contributed by atoms with van der Waals surface area (Å²) >= 11 is 9.73. The van der Waals surface area contributed by atoms with Crippen molar-refractivity contribution in [3.8, 4) is 0 Å². The minimum atomic E-state index is -4.12. The molecule has 7 nitrogen and oxygen atoms in total. The quantitative estimate of drug-likeness (QED) is 0.388. The summed E-state index contributed by atoms with van der Waals surface area (Å²) in [5.41, 5.74) is 1.80. The molecule has 0 saturated heterocycles. The first-order valence-corrected chi connectivity index (χ1v) is 13.7. The zero-order valence-corrected chi connectivity index (χ0v) is 23.3. The second-order valence-corrected chi connectivity index (χ2v) is 11.4. The number of rotatable bonds is 9. The fourth-order valence-corrected chi connectivity index (χ4v) is 5.66. The third-order valence-electron chi connectivity index (χ3n) is 5.71. The molecule has 0 aromatic heterocycles. The molecule has 3 aromatic rings. The van der Waals surface area contributed by atoms with Gasteiger partial charge >= 0.3 is 0 Å². The van der Waals surface area contributed by atoms with E-state index in [9.17, 15) is 18.0 Å². The summed E-state index contributed by atoms with van der Waals surface area (Å²) in [4.78, 5) is 27.6. The van der Waals surface area contributed by atoms with E-state index in [0.717, 1.165) is 19.9 Å². The minimum Gasteiger partial charge on any atom is -0.357 e. The molecule has 36 heavy (non-hydrogen) atoms. The Bertz CT molecular complexity index is 1350. The van der Waals surface area contributed by atoms with E-state index in [-0.39, 0.29) is 23.0 Å². The second-order valence-electron chi connectivity index (χ2n) is 8.20. The summed E-state index contributed by atoms with van der Waals surface area (Å²) in [6.07, 6.45) is 0. The van der Waals surface area contributed by atoms with Crippen LogP contribution in [0, 0.1) is 6.92 Å². The number of carbonyl (C=O) groups excluding carboxylic acids is 2. The lowest BCUT2D eigenvalue weighted by atomic mass is 10.1. The maximum absolute atomic E-state index is 13.7. The van der Waals surface area contributed by atoms with Crippen LogP contribution in [-0.4, -0.2) is 44.8 Å². The van der Waals surface area contributed by atoms with Gasteiger partial charge in [-0.05, 0) is 61.4 Å². The van der Waals surface area contributed by atoms with Crippen molar-refractivity contribution in [2.45, 2.75) is 31.3 Å². The highest BCUT2D eigenvalue weighted by molar-refractivity contribution is 9.10. The number of hydrogen-bond acceptors (Lipinski definition) is 4. The molecular weight excluding hydrogens is 566 g/mol. The third kappa shape index (κ3) is 6.46. The van der Waals surface area contributed by atoms with Crippen LogP contribution in [0.2, 0.25) is 5.02 Å². The number of aryl methyl sites for hydroxylation is 1. The lowest BCUT2D eigenvalue weighted by molar-refractivity contribution is -0.139. The molecule has 0 aliphatic heterocycles. The number of anilines is 1. The van der Waals surface area contributed by atoms with Gasteiger partial charge in [-0.15, -0.1) is 0 Å². The largest absolute Gasteiger partial charge is 0.357 e. The van der Waals surface area contributed by atoms with Crippen LogP contribution in [-0.2, 0) is 26.2 Å². The van der Waals surface area contributed by atoms with Crippen molar-refractivity contribution >= 4 is 55.1 Å². The smallest absolute Gasteiger partial charge is 0.264 e. The molecule has 3 rings (SSSR count). The molecule has 0 aliphatic carbocycles. The second kappa shape index (κ2) is 11.9. The van der Waals surface area contributed by atoms with Gasteiger partial charge in [0.2, 0.25) is 11.8 Å². The highest BCUT2D eigenvalue weighted by Crippen LogP contribution is 2.28. The number of carbonyl (C=O) groups is 2. The normalized spacial score (nSPS) is 12.0. The zero-order chi connectivity index (χ0) is 26.5. The van der Waals surface area contributed by atoms with E-state index in [1.54, 1.807) is 44.2 Å². The van der Waals surface area contributed by atoms with Gasteiger partial charge in [0, 0.05) is 23.1 Å². The number of nitrogens with zero attached hydrogens (tertiary/aromatic N) is 2. The molecule has 3 aromatic carbocycles. The number of benzene rings is 3. The molecule has 0 radical (unpaired) electrons. The lowest BCUT2D eigenvalue weighted by Gasteiger charge is -2.32. The molecule has 190 valence electrons. The van der Waals surface area contributed by atoms with E-state index in [1.807, 2.05) is 24.3 Å². The number of nitrogens with one attached hydrogen (secondary N) is 1. The SMILES string of the molecule is CNC(=O)[C@H](C)N(Cc1cccc(Br)c1)C(=O)CN(c1ccc(C)c(Cl)c1)S(=O)(=O)c1ccccc1. The number of amides is 2. The molecule has 1 atom stereocenters. The van der Waals surface area contributed by atoms with Gasteiger partial charge in [-0.1, -0.05) is 63.9 Å². The molecule has 0 unspecified atom stereocenters. The standard InChI is InChI=1S/C26H27BrClN3O4S/c1-18-12-13-22(15-24(18)28)31(36(34,35)23-10-5-4-6-11-23)17-25(32)30(19(2)26(33)29-3)16-20-8-7-9-21(27)14-20/h4-15,19H,16-17H2,1-3H3,(H,29,33)/t19-/m0/s1. The zero-order valence-electron chi connectivity index (χ0n) is 20.1. The molecule has 0 spiro atoms. The molecule has 0 aliphatic rings. The van der Waals surface area contributed by atoms with E-state index in [1.165, 1.54) is 30.1 Å². The van der Waals surface area contributed by atoms with E-state index in [0.29, 0.717) is 5.02 Å². The number of halogens is 2. The van der Waals surface area contributed by atoms with Crippen molar-refractivity contribution < 1.29 is 18.0 Å². The first-order valence-electron chi connectivity index (χ1n) is 11.1. The highest BCUT2D eigenvalue weighted by Gasteiger charge is 2.32. The van der Waals surface area contributed by atoms with E-state index < -0.39 is 28.5 Å². The number of likely N-dealkylation sites (N-methyl/N-ethyl adjacent to an activating group) is 1. The van der Waals surface area contributed by atoms with Crippen LogP contribution in [0.15, 0.2) is 82.2 Å². The predicted octanol–water partition coefficient (Wildman–Crippen LogP) is 4.77. The summed E-state index contributed by atoms with van der Waals surface area (Å²) in [7, 11) is -2.64. The van der Waals surface area contributed by atoms with Gasteiger partial charge in [0.25, 0.3) is 10.0 Å². The van der Waals surface area contributed by atoms with Gasteiger partial charge in [0.15, 0.2) is 0 Å². The Labute approximate surface area is 225 Å². The first kappa shape index (κ1) is 27.7. The van der Waals surface area contributed by atoms with Crippen molar-refractivity contribution in [1.82, 2.24) is 10.2 Å². The number of sulfonamides is 1. The van der Waals surface area contributed by atoms with Crippen molar-refractivity contribution in [1.29, 1.82) is 0 Å². The molecule has 0 bridgehead atoms. The summed E-state index contributed by atoms with van der Waals surface area (Å²) in [6, 6.07) is 19.2. The Balaban J connectivity index is 2.05. The molecule has 0 heterocycles. The van der Waals surface area contributed by atoms with Crippen LogP contribution >= 0.6 is 27.5 Å².